The van der Waals surface area contributed by atoms with E-state index in [-0.39, 0.29) is 6.04 Å². The molecule has 0 bridgehead atoms. The summed E-state index contributed by atoms with van der Waals surface area (Å²) < 4.78 is 30.8. The van der Waals surface area contributed by atoms with Gasteiger partial charge in [0.15, 0.2) is 0 Å². The fourth-order valence-corrected chi connectivity index (χ4v) is 4.34. The molecule has 21 heavy (non-hydrogen) atoms. The number of hydrogen-bond donors (Lipinski definition) is 0. The lowest BCUT2D eigenvalue weighted by Gasteiger charge is -2.19. The van der Waals surface area contributed by atoms with Gasteiger partial charge in [-0.25, -0.2) is 8.42 Å². The Kier molecular flexibility index (Phi) is 3.41. The van der Waals surface area contributed by atoms with E-state index in [1.165, 1.54) is 10.7 Å². The maximum absolute atomic E-state index is 12.0. The third kappa shape index (κ3) is 2.63. The Bertz CT molecular complexity index is 788. The van der Waals surface area contributed by atoms with Crippen LogP contribution in [0.25, 0.3) is 0 Å². The Morgan fingerprint density at radius 2 is 2.19 bits per heavy atom. The fraction of sp³-hybridized carbons (Fsp3) is 0.357. The molecule has 0 aliphatic carbocycles. The monoisotopic (exact) mass is 324 g/mol. The highest BCUT2D eigenvalue weighted by Crippen LogP contribution is 2.37. The predicted molar refractivity (Wildman–Crippen MR) is 83.1 cm³/mol. The standard InChI is InChI=1S/C14H16N2O3S2/c1-9-7-11(10(2)19-9)12-8-13(14-5-4-6-20-14)16(15-12)21(3,17)18/h4-7,13H,8H2,1-3H3/t13-/m1/s1. The Morgan fingerprint density at radius 1 is 1.43 bits per heavy atom. The summed E-state index contributed by atoms with van der Waals surface area (Å²) in [4.78, 5) is 0.997. The quantitative estimate of drug-likeness (QED) is 0.871. The Labute approximate surface area is 127 Å². The average Bonchev–Trinajstić information content (AvgIpc) is 3.06. The lowest BCUT2D eigenvalue weighted by atomic mass is 10.0. The summed E-state index contributed by atoms with van der Waals surface area (Å²) in [6, 6.07) is 5.51. The molecule has 0 saturated heterocycles. The molecule has 0 radical (unpaired) electrons. The zero-order valence-corrected chi connectivity index (χ0v) is 13.7. The molecule has 7 heteroatoms. The number of hydrazone groups is 1. The molecule has 1 aliphatic rings. The molecule has 2 aromatic rings. The maximum Gasteiger partial charge on any atom is 0.247 e. The van der Waals surface area contributed by atoms with Gasteiger partial charge < -0.3 is 4.42 Å². The summed E-state index contributed by atoms with van der Waals surface area (Å²) in [5, 5.41) is 6.30. The van der Waals surface area contributed by atoms with Gasteiger partial charge in [0, 0.05) is 16.9 Å². The highest BCUT2D eigenvalue weighted by Gasteiger charge is 2.35. The van der Waals surface area contributed by atoms with E-state index in [4.69, 9.17) is 4.42 Å². The molecule has 1 aliphatic heterocycles. The van der Waals surface area contributed by atoms with Crippen LogP contribution in [0.3, 0.4) is 0 Å². The number of rotatable bonds is 3. The number of sulfonamides is 1. The Balaban J connectivity index is 2.03. The largest absolute Gasteiger partial charge is 0.466 e. The zero-order valence-electron chi connectivity index (χ0n) is 12.0. The highest BCUT2D eigenvalue weighted by molar-refractivity contribution is 7.88. The van der Waals surface area contributed by atoms with Gasteiger partial charge in [0.05, 0.1) is 12.0 Å². The van der Waals surface area contributed by atoms with Crippen molar-refractivity contribution in [1.82, 2.24) is 4.41 Å². The van der Waals surface area contributed by atoms with Crippen molar-refractivity contribution in [2.45, 2.75) is 26.3 Å². The molecular weight excluding hydrogens is 308 g/mol. The lowest BCUT2D eigenvalue weighted by molar-refractivity contribution is 0.379. The van der Waals surface area contributed by atoms with Crippen molar-refractivity contribution in [2.75, 3.05) is 6.26 Å². The second kappa shape index (κ2) is 4.99. The van der Waals surface area contributed by atoms with Gasteiger partial charge in [0.1, 0.15) is 17.6 Å². The first-order valence-electron chi connectivity index (χ1n) is 6.54. The molecule has 0 amide bonds. The van der Waals surface area contributed by atoms with Crippen LogP contribution in [0.15, 0.2) is 33.1 Å². The van der Waals surface area contributed by atoms with E-state index in [9.17, 15) is 8.42 Å². The number of aryl methyl sites for hydroxylation is 2. The van der Waals surface area contributed by atoms with Crippen LogP contribution in [0.1, 0.15) is 34.4 Å². The smallest absolute Gasteiger partial charge is 0.247 e. The molecule has 1 atom stereocenters. The third-order valence-electron chi connectivity index (χ3n) is 3.44. The first kappa shape index (κ1) is 14.3. The maximum atomic E-state index is 12.0. The summed E-state index contributed by atoms with van der Waals surface area (Å²) >= 11 is 1.54. The molecule has 3 heterocycles. The number of furan rings is 1. The van der Waals surface area contributed by atoms with Crippen LogP contribution in [0.4, 0.5) is 0 Å². The van der Waals surface area contributed by atoms with Crippen LogP contribution < -0.4 is 0 Å². The molecule has 0 fully saturated rings. The molecule has 112 valence electrons. The van der Waals surface area contributed by atoms with Gasteiger partial charge in [-0.15, -0.1) is 11.3 Å². The Hall–Kier alpha value is -1.60. The summed E-state index contributed by atoms with van der Waals surface area (Å²) in [6.45, 7) is 3.74. The van der Waals surface area contributed by atoms with Crippen molar-refractivity contribution in [2.24, 2.45) is 5.10 Å². The molecule has 0 spiro atoms. The topological polar surface area (TPSA) is 62.9 Å². The van der Waals surface area contributed by atoms with Crippen LogP contribution in [0, 0.1) is 13.8 Å². The molecule has 0 N–H and O–H groups in total. The van der Waals surface area contributed by atoms with E-state index in [0.717, 1.165) is 27.7 Å². The van der Waals surface area contributed by atoms with E-state index >= 15 is 0 Å². The number of thiophene rings is 1. The van der Waals surface area contributed by atoms with Crippen LogP contribution >= 0.6 is 11.3 Å². The molecule has 0 saturated carbocycles. The second-order valence-corrected chi connectivity index (χ2v) is 7.96. The number of nitrogens with zero attached hydrogens (tertiary/aromatic N) is 2. The normalized spacial score (nSPS) is 19.1. The lowest BCUT2D eigenvalue weighted by Crippen LogP contribution is -2.25. The molecule has 2 aromatic heterocycles. The van der Waals surface area contributed by atoms with Gasteiger partial charge in [-0.1, -0.05) is 6.07 Å². The van der Waals surface area contributed by atoms with Crippen LogP contribution in [0.5, 0.6) is 0 Å². The summed E-state index contributed by atoms with van der Waals surface area (Å²) in [7, 11) is -3.40. The van der Waals surface area contributed by atoms with E-state index in [1.807, 2.05) is 37.4 Å². The minimum absolute atomic E-state index is 0.260. The van der Waals surface area contributed by atoms with Gasteiger partial charge in [0.2, 0.25) is 10.0 Å². The SMILES string of the molecule is Cc1cc(C2=NN(S(C)(=O)=O)[C@@H](c3cccs3)C2)c(C)o1. The second-order valence-electron chi connectivity index (χ2n) is 5.14. The predicted octanol–water partition coefficient (Wildman–Crippen LogP) is 3.07. The fourth-order valence-electron chi connectivity index (χ4n) is 2.57. The van der Waals surface area contributed by atoms with E-state index in [1.54, 1.807) is 11.3 Å². The van der Waals surface area contributed by atoms with Crippen LogP contribution in [-0.2, 0) is 10.0 Å². The van der Waals surface area contributed by atoms with Crippen molar-refractivity contribution < 1.29 is 12.8 Å². The summed E-state index contributed by atoms with van der Waals surface area (Å²) in [5.41, 5.74) is 1.65. The van der Waals surface area contributed by atoms with Crippen LogP contribution in [0.2, 0.25) is 0 Å². The summed E-state index contributed by atoms with van der Waals surface area (Å²) in [5.74, 6) is 1.57. The van der Waals surface area contributed by atoms with Gasteiger partial charge in [0.25, 0.3) is 0 Å². The van der Waals surface area contributed by atoms with Crippen molar-refractivity contribution >= 4 is 27.1 Å². The van der Waals surface area contributed by atoms with Gasteiger partial charge in [-0.3, -0.25) is 0 Å². The van der Waals surface area contributed by atoms with Crippen LogP contribution in [-0.4, -0.2) is 24.8 Å². The molecular formula is C14H16N2O3S2. The minimum Gasteiger partial charge on any atom is -0.466 e. The van der Waals surface area contributed by atoms with Gasteiger partial charge >= 0.3 is 0 Å². The molecule has 3 rings (SSSR count). The van der Waals surface area contributed by atoms with Crippen molar-refractivity contribution in [3.05, 3.63) is 45.5 Å². The molecule has 0 unspecified atom stereocenters. The van der Waals surface area contributed by atoms with Crippen molar-refractivity contribution in [1.29, 1.82) is 0 Å². The van der Waals surface area contributed by atoms with E-state index in [0.29, 0.717) is 6.42 Å². The van der Waals surface area contributed by atoms with E-state index in [2.05, 4.69) is 5.10 Å². The Morgan fingerprint density at radius 3 is 2.71 bits per heavy atom. The van der Waals surface area contributed by atoms with Gasteiger partial charge in [-0.2, -0.15) is 9.52 Å². The van der Waals surface area contributed by atoms with Crippen molar-refractivity contribution in [3.63, 3.8) is 0 Å². The zero-order chi connectivity index (χ0) is 15.2. The minimum atomic E-state index is -3.40. The third-order valence-corrected chi connectivity index (χ3v) is 5.43. The molecule has 0 aromatic carbocycles. The highest BCUT2D eigenvalue weighted by atomic mass is 32.2. The first-order valence-corrected chi connectivity index (χ1v) is 9.27. The summed E-state index contributed by atoms with van der Waals surface area (Å²) in [6.07, 6.45) is 1.75. The van der Waals surface area contributed by atoms with E-state index < -0.39 is 10.0 Å². The molecule has 5 nitrogen and oxygen atoms in total. The average molecular weight is 324 g/mol. The van der Waals surface area contributed by atoms with Crippen molar-refractivity contribution in [3.8, 4) is 0 Å². The number of hydrogen-bond acceptors (Lipinski definition) is 5. The first-order chi connectivity index (χ1) is 9.86. The van der Waals surface area contributed by atoms with Gasteiger partial charge in [-0.05, 0) is 31.4 Å².